The van der Waals surface area contributed by atoms with E-state index in [4.69, 9.17) is 4.74 Å². The van der Waals surface area contributed by atoms with Gasteiger partial charge in [0.05, 0.1) is 6.04 Å². The zero-order chi connectivity index (χ0) is 22.0. The quantitative estimate of drug-likeness (QED) is 0.711. The van der Waals surface area contributed by atoms with E-state index in [1.807, 2.05) is 25.1 Å². The first-order valence-corrected chi connectivity index (χ1v) is 12.5. The molecule has 0 unspecified atom stereocenters. The normalized spacial score (nSPS) is 24.0. The molecule has 0 spiro atoms. The zero-order valence-corrected chi connectivity index (χ0v) is 19.5. The molecule has 31 heavy (non-hydrogen) atoms. The monoisotopic (exact) mass is 443 g/mol. The average molecular weight is 444 g/mol. The van der Waals surface area contributed by atoms with Crippen molar-refractivity contribution < 1.29 is 13.2 Å². The Kier molecular flexibility index (Phi) is 6.67. The first-order chi connectivity index (χ1) is 14.8. The molecule has 1 saturated heterocycles. The first kappa shape index (κ1) is 22.3. The van der Waals surface area contributed by atoms with Gasteiger partial charge in [-0.15, -0.1) is 0 Å². The third-order valence-electron chi connectivity index (χ3n) is 6.28. The number of para-hydroxylation sites is 1. The van der Waals surface area contributed by atoms with Crippen LogP contribution in [0.1, 0.15) is 24.0 Å². The molecule has 2 atom stereocenters. The van der Waals surface area contributed by atoms with E-state index in [1.165, 1.54) is 11.1 Å². The Balaban J connectivity index is 1.60. The molecule has 0 saturated carbocycles. The highest BCUT2D eigenvalue weighted by Gasteiger charge is 2.43. The molecule has 4 rings (SSSR count). The summed E-state index contributed by atoms with van der Waals surface area (Å²) in [5.41, 5.74) is 2.55. The summed E-state index contributed by atoms with van der Waals surface area (Å²) >= 11 is 0. The van der Waals surface area contributed by atoms with Gasteiger partial charge in [-0.3, -0.25) is 4.90 Å². The number of likely N-dealkylation sites (N-methyl/N-ethyl adjacent to an activating group) is 1. The zero-order valence-electron chi connectivity index (χ0n) is 18.7. The highest BCUT2D eigenvalue weighted by molar-refractivity contribution is 7.89. The Labute approximate surface area is 186 Å². The summed E-state index contributed by atoms with van der Waals surface area (Å²) in [5.74, 6) is 0.483. The molecule has 0 bridgehead atoms. The molecule has 2 aliphatic heterocycles. The van der Waals surface area contributed by atoms with E-state index in [9.17, 15) is 8.42 Å². The van der Waals surface area contributed by atoms with E-state index < -0.39 is 10.0 Å². The molecular weight excluding hydrogens is 410 g/mol. The van der Waals surface area contributed by atoms with Crippen LogP contribution < -0.4 is 4.74 Å². The third kappa shape index (κ3) is 4.95. The van der Waals surface area contributed by atoms with Crippen molar-refractivity contribution in [1.82, 2.24) is 14.1 Å². The van der Waals surface area contributed by atoms with Crippen molar-refractivity contribution in [1.29, 1.82) is 0 Å². The van der Waals surface area contributed by atoms with Gasteiger partial charge < -0.3 is 9.64 Å². The van der Waals surface area contributed by atoms with Crippen LogP contribution in [-0.4, -0.2) is 74.9 Å². The predicted octanol–water partition coefficient (Wildman–Crippen LogP) is 2.97. The van der Waals surface area contributed by atoms with Crippen LogP contribution in [0.25, 0.3) is 0 Å². The fourth-order valence-electron chi connectivity index (χ4n) is 4.50. The van der Waals surface area contributed by atoms with Gasteiger partial charge in [0, 0.05) is 32.7 Å². The lowest BCUT2D eigenvalue weighted by molar-refractivity contribution is 0.110. The van der Waals surface area contributed by atoms with Crippen LogP contribution in [0.4, 0.5) is 0 Å². The number of benzene rings is 2. The number of likely N-dealkylation sites (tertiary alicyclic amines) is 1. The molecule has 7 heteroatoms. The number of hydrogen-bond acceptors (Lipinski definition) is 5. The maximum atomic E-state index is 13.6. The van der Waals surface area contributed by atoms with Crippen molar-refractivity contribution in [3.8, 4) is 5.75 Å². The van der Waals surface area contributed by atoms with Crippen molar-refractivity contribution in [2.75, 3.05) is 40.3 Å². The fourth-order valence-corrected chi connectivity index (χ4v) is 6.30. The summed E-state index contributed by atoms with van der Waals surface area (Å²) in [6.45, 7) is 5.85. The Hall–Kier alpha value is -1.93. The highest BCUT2D eigenvalue weighted by Crippen LogP contribution is 2.36. The van der Waals surface area contributed by atoms with Gasteiger partial charge in [0.15, 0.2) is 0 Å². The van der Waals surface area contributed by atoms with Crippen LogP contribution in [-0.2, 0) is 16.6 Å². The number of ether oxygens (including phenoxy) is 1. The SMILES string of the molecule is Cc1ccc(CN2CC[C@@H]3[C@@H](CC2)Oc2ccccc2S(=O)(=O)N3CCN(C)C)cc1. The van der Waals surface area contributed by atoms with Crippen LogP contribution in [0.15, 0.2) is 53.4 Å². The standard InChI is InChI=1S/C24H33N3O3S/c1-19-8-10-20(11-9-19)18-26-14-12-21-22(13-15-26)30-23-6-4-5-7-24(23)31(28,29)27(21)17-16-25(2)3/h4-11,21-22H,12-18H2,1-3H3/t21-,22-/m1/s1. The minimum absolute atomic E-state index is 0.149. The lowest BCUT2D eigenvalue weighted by Gasteiger charge is -2.32. The Morgan fingerprint density at radius 1 is 1.03 bits per heavy atom. The number of aryl methyl sites for hydroxylation is 1. The van der Waals surface area contributed by atoms with Crippen LogP contribution in [0.2, 0.25) is 0 Å². The minimum Gasteiger partial charge on any atom is -0.487 e. The molecule has 0 aliphatic carbocycles. The van der Waals surface area contributed by atoms with Gasteiger partial charge in [0.2, 0.25) is 10.0 Å². The second-order valence-electron chi connectivity index (χ2n) is 8.93. The summed E-state index contributed by atoms with van der Waals surface area (Å²) in [6, 6.07) is 15.6. The lowest BCUT2D eigenvalue weighted by atomic mass is 10.1. The second kappa shape index (κ2) is 9.28. The van der Waals surface area contributed by atoms with Gasteiger partial charge in [-0.05, 0) is 51.6 Å². The van der Waals surface area contributed by atoms with Gasteiger partial charge in [0.1, 0.15) is 16.7 Å². The van der Waals surface area contributed by atoms with Crippen LogP contribution in [0.3, 0.4) is 0 Å². The van der Waals surface area contributed by atoms with E-state index in [-0.39, 0.29) is 12.1 Å². The summed E-state index contributed by atoms with van der Waals surface area (Å²) < 4.78 is 35.3. The predicted molar refractivity (Wildman–Crippen MR) is 123 cm³/mol. The summed E-state index contributed by atoms with van der Waals surface area (Å²) in [6.07, 6.45) is 1.42. The highest BCUT2D eigenvalue weighted by atomic mass is 32.2. The summed E-state index contributed by atoms with van der Waals surface area (Å²) in [7, 11) is 0.330. The van der Waals surface area contributed by atoms with E-state index in [1.54, 1.807) is 22.5 Å². The number of fused-ring (bicyclic) bond motifs is 2. The van der Waals surface area contributed by atoms with Gasteiger partial charge in [-0.1, -0.05) is 42.0 Å². The smallest absolute Gasteiger partial charge is 0.247 e. The average Bonchev–Trinajstić information content (AvgIpc) is 2.97. The molecule has 168 valence electrons. The van der Waals surface area contributed by atoms with Crippen molar-refractivity contribution >= 4 is 10.0 Å². The molecule has 6 nitrogen and oxygen atoms in total. The molecule has 2 heterocycles. The topological polar surface area (TPSA) is 53.1 Å². The molecule has 2 aromatic rings. The molecule has 0 aromatic heterocycles. The molecule has 1 fully saturated rings. The van der Waals surface area contributed by atoms with Crippen LogP contribution in [0, 0.1) is 6.92 Å². The fraction of sp³-hybridized carbons (Fsp3) is 0.500. The second-order valence-corrected chi connectivity index (χ2v) is 10.8. The van der Waals surface area contributed by atoms with Crippen molar-refractivity contribution in [2.45, 2.75) is 43.4 Å². The maximum absolute atomic E-state index is 13.6. The molecular formula is C24H33N3O3S. The van der Waals surface area contributed by atoms with E-state index in [2.05, 4.69) is 36.1 Å². The number of hydrogen-bond donors (Lipinski definition) is 0. The van der Waals surface area contributed by atoms with Crippen molar-refractivity contribution in [3.63, 3.8) is 0 Å². The Morgan fingerprint density at radius 2 is 1.74 bits per heavy atom. The molecule has 0 radical (unpaired) electrons. The Morgan fingerprint density at radius 3 is 2.48 bits per heavy atom. The largest absolute Gasteiger partial charge is 0.487 e. The Bertz CT molecular complexity index is 991. The lowest BCUT2D eigenvalue weighted by Crippen LogP contribution is -2.49. The number of nitrogens with zero attached hydrogens (tertiary/aromatic N) is 3. The van der Waals surface area contributed by atoms with E-state index in [0.29, 0.717) is 23.7 Å². The minimum atomic E-state index is -3.62. The van der Waals surface area contributed by atoms with Gasteiger partial charge >= 0.3 is 0 Å². The van der Waals surface area contributed by atoms with Crippen molar-refractivity contribution in [2.24, 2.45) is 0 Å². The van der Waals surface area contributed by atoms with E-state index in [0.717, 1.165) is 32.5 Å². The number of sulfonamides is 1. The van der Waals surface area contributed by atoms with Crippen LogP contribution in [0.5, 0.6) is 5.75 Å². The number of rotatable bonds is 5. The van der Waals surface area contributed by atoms with Crippen LogP contribution >= 0.6 is 0 Å². The molecule has 0 N–H and O–H groups in total. The molecule has 0 amide bonds. The molecule has 2 aromatic carbocycles. The third-order valence-corrected chi connectivity index (χ3v) is 8.24. The molecule has 2 aliphatic rings. The first-order valence-electron chi connectivity index (χ1n) is 11.0. The van der Waals surface area contributed by atoms with Gasteiger partial charge in [-0.25, -0.2) is 8.42 Å². The van der Waals surface area contributed by atoms with Gasteiger partial charge in [0.25, 0.3) is 0 Å². The maximum Gasteiger partial charge on any atom is 0.247 e. The summed E-state index contributed by atoms with van der Waals surface area (Å²) in [4.78, 5) is 4.74. The van der Waals surface area contributed by atoms with E-state index >= 15 is 0 Å². The van der Waals surface area contributed by atoms with Crippen molar-refractivity contribution in [3.05, 3.63) is 59.7 Å². The van der Waals surface area contributed by atoms with Gasteiger partial charge in [-0.2, -0.15) is 4.31 Å². The summed E-state index contributed by atoms with van der Waals surface area (Å²) in [5, 5.41) is 0.